The quantitative estimate of drug-likeness (QED) is 0.307. The van der Waals surface area contributed by atoms with Gasteiger partial charge in [-0.05, 0) is 0 Å². The van der Waals surface area contributed by atoms with Gasteiger partial charge < -0.3 is 0 Å². The van der Waals surface area contributed by atoms with Gasteiger partial charge in [-0.2, -0.15) is 0 Å². The van der Waals surface area contributed by atoms with Crippen LogP contribution in [0.5, 0.6) is 0 Å². The van der Waals surface area contributed by atoms with E-state index in [2.05, 4.69) is 5.04 Å². The van der Waals surface area contributed by atoms with Crippen LogP contribution in [0.15, 0.2) is 0 Å². The summed E-state index contributed by atoms with van der Waals surface area (Å²) in [6.07, 6.45) is 0. The molecule has 0 aliphatic rings. The van der Waals surface area contributed by atoms with Crippen LogP contribution in [0.25, 0.3) is 0 Å². The smallest absolute Gasteiger partial charge is 0 e. The molecule has 0 aliphatic carbocycles. The van der Waals surface area contributed by atoms with Gasteiger partial charge in [-0.25, -0.2) is 10.5 Å². The van der Waals surface area contributed by atoms with Crippen LogP contribution in [0.4, 0.5) is 0 Å². The largest absolute Gasteiger partial charge is 0.221 e. The fraction of sp³-hybridized carbons (Fsp3) is 0. The van der Waals surface area contributed by atoms with Gasteiger partial charge in [-0.1, -0.05) is 5.04 Å². The molecule has 0 atom stereocenters. The maximum Gasteiger partial charge on any atom is 0 e. The van der Waals surface area contributed by atoms with Crippen LogP contribution < -0.4 is 0 Å². The Morgan fingerprint density at radius 3 is 1.20 bits per heavy atom. The summed E-state index contributed by atoms with van der Waals surface area (Å²) in [6, 6.07) is 0. The second-order valence-electron chi connectivity index (χ2n) is 0.0816. The van der Waals surface area contributed by atoms with Crippen LogP contribution in [-0.2, 0) is 41.3 Å². The van der Waals surface area contributed by atoms with Crippen molar-refractivity contribution >= 4 is 0 Å². The molecule has 2 N–H and O–H groups in total. The summed E-state index contributed by atoms with van der Waals surface area (Å²) in [5.41, 5.74) is 0. The minimum absolute atomic E-state index is 0. The Labute approximate surface area is 52.1 Å². The molecule has 0 rings (SSSR count). The summed E-state index contributed by atoms with van der Waals surface area (Å²) >= 11 is 0. The average Bonchev–Trinajstić information content (AvgIpc) is 0.918. The molecule has 0 bridgehead atoms. The number of hydrogen-bond acceptors (Lipinski definition) is 3. The van der Waals surface area contributed by atoms with Crippen LogP contribution in [0.1, 0.15) is 0 Å². The molecular weight excluding hydrogens is 172 g/mol. The summed E-state index contributed by atoms with van der Waals surface area (Å²) in [5.74, 6) is 0. The molecule has 0 amide bonds. The maximum atomic E-state index is 6.62. The third-order valence-corrected chi connectivity index (χ3v) is 0. The molecule has 5 heavy (non-hydrogen) atoms. The molecule has 0 unspecified atom stereocenters. The zero-order valence-electron chi connectivity index (χ0n) is 2.34. The van der Waals surface area contributed by atoms with E-state index in [9.17, 15) is 0 Å². The van der Waals surface area contributed by atoms with Gasteiger partial charge in [-0.15, -0.1) is 0 Å². The molecule has 0 spiro atoms. The standard InChI is InChI=1S/Co.H2O3.Zn/c;1-3-2;/h;1-2H;. The van der Waals surface area contributed by atoms with Crippen molar-refractivity contribution in [2.75, 3.05) is 0 Å². The van der Waals surface area contributed by atoms with Crippen LogP contribution >= 0.6 is 0 Å². The van der Waals surface area contributed by atoms with Crippen molar-refractivity contribution in [3.8, 4) is 0 Å². The zero-order chi connectivity index (χ0) is 2.71. The fourth-order valence-electron chi connectivity index (χ4n) is 0. The first-order valence-corrected chi connectivity index (χ1v) is 0.365. The Balaban J connectivity index is -0.0000000200. The first-order chi connectivity index (χ1) is 1.41. The minimum atomic E-state index is 0. The SMILES string of the molecule is OOO.[Co].[Zn]. The van der Waals surface area contributed by atoms with Crippen molar-refractivity contribution in [1.29, 1.82) is 0 Å². The number of rotatable bonds is 0. The topological polar surface area (TPSA) is 49.7 Å². The molecule has 31 valence electrons. The van der Waals surface area contributed by atoms with Gasteiger partial charge >= 0.3 is 0 Å². The Bertz CT molecular complexity index is 6.85. The van der Waals surface area contributed by atoms with Crippen LogP contribution in [-0.4, -0.2) is 10.5 Å². The van der Waals surface area contributed by atoms with E-state index in [1.165, 1.54) is 0 Å². The third-order valence-electron chi connectivity index (χ3n) is 0. The molecule has 5 heteroatoms. The molecule has 1 radical (unpaired) electrons. The van der Waals surface area contributed by atoms with Crippen LogP contribution in [0.2, 0.25) is 0 Å². The van der Waals surface area contributed by atoms with Gasteiger partial charge in [0.1, 0.15) is 0 Å². The molecular formula is H2CoO3Zn. The van der Waals surface area contributed by atoms with E-state index in [1.54, 1.807) is 0 Å². The minimum Gasteiger partial charge on any atom is -0.221 e. The summed E-state index contributed by atoms with van der Waals surface area (Å²) in [4.78, 5) is 0. The summed E-state index contributed by atoms with van der Waals surface area (Å²) in [6.45, 7) is 0. The predicted molar refractivity (Wildman–Crippen MR) is 6.34 cm³/mol. The van der Waals surface area contributed by atoms with E-state index in [0.717, 1.165) is 0 Å². The molecule has 0 aromatic heterocycles. The Morgan fingerprint density at radius 1 is 1.20 bits per heavy atom. The molecule has 3 nitrogen and oxygen atoms in total. The number of hydrogen-bond donors (Lipinski definition) is 2. The van der Waals surface area contributed by atoms with Gasteiger partial charge in [0.05, 0.1) is 0 Å². The predicted octanol–water partition coefficient (Wildman–Crippen LogP) is -0.0560. The molecule has 0 saturated carbocycles. The van der Waals surface area contributed by atoms with Crippen molar-refractivity contribution < 1.29 is 51.8 Å². The normalized spacial score (nSPS) is 3.60. The van der Waals surface area contributed by atoms with Gasteiger partial charge in [0.15, 0.2) is 0 Å². The van der Waals surface area contributed by atoms with E-state index in [0.29, 0.717) is 0 Å². The van der Waals surface area contributed by atoms with Crippen molar-refractivity contribution in [1.82, 2.24) is 0 Å². The van der Waals surface area contributed by atoms with Crippen LogP contribution in [0, 0.1) is 0 Å². The molecule has 0 aliphatic heterocycles. The van der Waals surface area contributed by atoms with E-state index in [1.807, 2.05) is 0 Å². The second-order valence-corrected chi connectivity index (χ2v) is 0.0816. The molecule has 0 fully saturated rings. The van der Waals surface area contributed by atoms with Crippen molar-refractivity contribution in [2.24, 2.45) is 0 Å². The van der Waals surface area contributed by atoms with E-state index >= 15 is 0 Å². The fourth-order valence-corrected chi connectivity index (χ4v) is 0. The second kappa shape index (κ2) is 19.9. The van der Waals surface area contributed by atoms with Gasteiger partial charge in [-0.3, -0.25) is 0 Å². The molecule has 0 heterocycles. The Kier molecular flexibility index (Phi) is 66.4. The molecule has 0 aromatic carbocycles. The summed E-state index contributed by atoms with van der Waals surface area (Å²) < 4.78 is 0. The Hall–Kier alpha value is 1.01. The van der Waals surface area contributed by atoms with Crippen molar-refractivity contribution in [3.05, 3.63) is 0 Å². The van der Waals surface area contributed by atoms with Crippen LogP contribution in [0.3, 0.4) is 0 Å². The molecule has 0 saturated heterocycles. The van der Waals surface area contributed by atoms with Gasteiger partial charge in [0.25, 0.3) is 0 Å². The van der Waals surface area contributed by atoms with Gasteiger partial charge in [0.2, 0.25) is 0 Å². The van der Waals surface area contributed by atoms with Crippen molar-refractivity contribution in [2.45, 2.75) is 0 Å². The summed E-state index contributed by atoms with van der Waals surface area (Å²) in [5, 5.41) is 15.5. The van der Waals surface area contributed by atoms with E-state index < -0.39 is 0 Å². The third kappa shape index (κ3) is 44.5. The zero-order valence-corrected chi connectivity index (χ0v) is 6.35. The Morgan fingerprint density at radius 2 is 1.20 bits per heavy atom. The van der Waals surface area contributed by atoms with Gasteiger partial charge in [0, 0.05) is 36.3 Å². The maximum absolute atomic E-state index is 6.62. The monoisotopic (exact) mass is 173 g/mol. The summed E-state index contributed by atoms with van der Waals surface area (Å²) in [7, 11) is 0. The molecule has 0 aromatic rings. The average molecular weight is 174 g/mol. The van der Waals surface area contributed by atoms with E-state index in [-0.39, 0.29) is 36.3 Å². The van der Waals surface area contributed by atoms with Crippen molar-refractivity contribution in [3.63, 3.8) is 0 Å². The van der Waals surface area contributed by atoms with E-state index in [4.69, 9.17) is 10.5 Å². The first kappa shape index (κ1) is 16.7. The first-order valence-electron chi connectivity index (χ1n) is 0.365.